The van der Waals surface area contributed by atoms with Crippen LogP contribution in [0.2, 0.25) is 0 Å². The van der Waals surface area contributed by atoms with Gasteiger partial charge in [0.2, 0.25) is 0 Å². The summed E-state index contributed by atoms with van der Waals surface area (Å²) in [5, 5.41) is 1.51. The number of esters is 1. The predicted molar refractivity (Wildman–Crippen MR) is 70.7 cm³/mol. The molecule has 1 aromatic rings. The van der Waals surface area contributed by atoms with Gasteiger partial charge in [0.1, 0.15) is 12.0 Å². The molecule has 0 fully saturated rings. The van der Waals surface area contributed by atoms with Crippen LogP contribution in [0.1, 0.15) is 13.3 Å². The summed E-state index contributed by atoms with van der Waals surface area (Å²) < 4.78 is 10.2. The third-order valence-corrected chi connectivity index (χ3v) is 2.70. The van der Waals surface area contributed by atoms with E-state index in [1.165, 1.54) is 11.3 Å². The van der Waals surface area contributed by atoms with Crippen LogP contribution >= 0.6 is 0 Å². The molecule has 1 aliphatic heterocycles. The van der Waals surface area contributed by atoms with E-state index in [-0.39, 0.29) is 5.97 Å². The molecule has 5 heteroatoms. The highest BCUT2D eigenvalue weighted by atomic mass is 16.7. The molecule has 1 heterocycles. The molecule has 0 aliphatic carbocycles. The zero-order valence-corrected chi connectivity index (χ0v) is 11.0. The van der Waals surface area contributed by atoms with E-state index in [1.807, 2.05) is 31.2 Å². The summed E-state index contributed by atoms with van der Waals surface area (Å²) in [6, 6.07) is 6.73. The molecule has 0 aromatic heterocycles. The van der Waals surface area contributed by atoms with Gasteiger partial charge in [-0.3, -0.25) is 0 Å². The van der Waals surface area contributed by atoms with Crippen LogP contribution in [0, 0.1) is 0 Å². The zero-order valence-electron chi connectivity index (χ0n) is 11.0. The number of carbonyl (C=O) groups is 1. The van der Waals surface area contributed by atoms with Crippen molar-refractivity contribution in [3.63, 3.8) is 0 Å². The second kappa shape index (κ2) is 6.13. The smallest absolute Gasteiger partial charge is 0.336 e. The normalized spacial score (nSPS) is 17.2. The third-order valence-electron chi connectivity index (χ3n) is 2.70. The molecule has 0 radical (unpaired) electrons. The molecule has 0 saturated carbocycles. The molecule has 0 bridgehead atoms. The summed E-state index contributed by atoms with van der Waals surface area (Å²) in [4.78, 5) is 17.2. The lowest BCUT2D eigenvalue weighted by Crippen LogP contribution is -2.36. The van der Waals surface area contributed by atoms with Gasteiger partial charge >= 0.3 is 5.97 Å². The number of rotatable bonds is 5. The summed E-state index contributed by atoms with van der Waals surface area (Å²) in [6.45, 7) is 2.37. The van der Waals surface area contributed by atoms with Crippen LogP contribution in [0.15, 0.2) is 36.6 Å². The van der Waals surface area contributed by atoms with E-state index >= 15 is 0 Å². The van der Waals surface area contributed by atoms with Gasteiger partial charge in [0, 0.05) is 0 Å². The van der Waals surface area contributed by atoms with Crippen molar-refractivity contribution in [2.45, 2.75) is 19.4 Å². The van der Waals surface area contributed by atoms with Gasteiger partial charge in [0.05, 0.1) is 19.4 Å². The fraction of sp³-hybridized carbons (Fsp3) is 0.357. The van der Waals surface area contributed by atoms with Gasteiger partial charge in [0.25, 0.3) is 0 Å². The molecule has 0 N–H and O–H groups in total. The standard InChI is InChI=1S/C14H17NO4/c1-3-9-18-14(16)13-8-10-19-15(13)11-4-6-12(17-2)7-5-11/h4-8,10,13H,3,9H2,1-2H3. The van der Waals surface area contributed by atoms with Crippen molar-refractivity contribution < 1.29 is 19.1 Å². The molecule has 1 aliphatic rings. The lowest BCUT2D eigenvalue weighted by molar-refractivity contribution is -0.144. The van der Waals surface area contributed by atoms with E-state index in [0.717, 1.165) is 17.9 Å². The van der Waals surface area contributed by atoms with Gasteiger partial charge in [-0.05, 0) is 36.8 Å². The summed E-state index contributed by atoms with van der Waals surface area (Å²) in [5.74, 6) is 0.437. The van der Waals surface area contributed by atoms with Gasteiger partial charge in [-0.25, -0.2) is 4.79 Å². The molecule has 19 heavy (non-hydrogen) atoms. The maximum atomic E-state index is 11.9. The average Bonchev–Trinajstić information content (AvgIpc) is 2.94. The van der Waals surface area contributed by atoms with Gasteiger partial charge in [-0.1, -0.05) is 6.92 Å². The van der Waals surface area contributed by atoms with E-state index in [2.05, 4.69) is 0 Å². The first kappa shape index (κ1) is 13.3. The highest BCUT2D eigenvalue weighted by molar-refractivity contribution is 5.82. The van der Waals surface area contributed by atoms with Crippen LogP contribution in [0.5, 0.6) is 5.75 Å². The Balaban J connectivity index is 2.08. The number of anilines is 1. The molecule has 0 saturated heterocycles. The lowest BCUT2D eigenvalue weighted by Gasteiger charge is -2.23. The van der Waals surface area contributed by atoms with Crippen molar-refractivity contribution in [1.29, 1.82) is 0 Å². The largest absolute Gasteiger partial charge is 0.497 e. The summed E-state index contributed by atoms with van der Waals surface area (Å²) in [7, 11) is 1.60. The Bertz CT molecular complexity index is 455. The first-order chi connectivity index (χ1) is 9.26. The number of carbonyl (C=O) groups excluding carboxylic acids is 1. The first-order valence-corrected chi connectivity index (χ1v) is 6.19. The molecule has 102 valence electrons. The van der Waals surface area contributed by atoms with Crippen molar-refractivity contribution in [2.24, 2.45) is 0 Å². The fourth-order valence-corrected chi connectivity index (χ4v) is 1.73. The topological polar surface area (TPSA) is 48.0 Å². The first-order valence-electron chi connectivity index (χ1n) is 6.19. The summed E-state index contributed by atoms with van der Waals surface area (Å²) in [6.07, 6.45) is 3.95. The number of methoxy groups -OCH3 is 1. The van der Waals surface area contributed by atoms with Crippen LogP contribution in [0.3, 0.4) is 0 Å². The Morgan fingerprint density at radius 3 is 2.74 bits per heavy atom. The number of hydrogen-bond acceptors (Lipinski definition) is 5. The van der Waals surface area contributed by atoms with Crippen molar-refractivity contribution in [1.82, 2.24) is 0 Å². The number of nitrogens with zero attached hydrogens (tertiary/aromatic N) is 1. The predicted octanol–water partition coefficient (Wildman–Crippen LogP) is 2.28. The van der Waals surface area contributed by atoms with Gasteiger partial charge in [-0.2, -0.15) is 5.06 Å². The van der Waals surface area contributed by atoms with E-state index in [4.69, 9.17) is 14.3 Å². The average molecular weight is 263 g/mol. The van der Waals surface area contributed by atoms with Crippen molar-refractivity contribution >= 4 is 11.7 Å². The maximum absolute atomic E-state index is 11.9. The van der Waals surface area contributed by atoms with E-state index in [0.29, 0.717) is 6.61 Å². The minimum atomic E-state index is -0.542. The molecule has 5 nitrogen and oxygen atoms in total. The summed E-state index contributed by atoms with van der Waals surface area (Å²) >= 11 is 0. The van der Waals surface area contributed by atoms with Crippen LogP contribution < -0.4 is 9.80 Å². The minimum Gasteiger partial charge on any atom is -0.497 e. The van der Waals surface area contributed by atoms with Crippen LogP contribution in [-0.4, -0.2) is 25.7 Å². The lowest BCUT2D eigenvalue weighted by atomic mass is 10.2. The Kier molecular flexibility index (Phi) is 4.28. The summed E-state index contributed by atoms with van der Waals surface area (Å²) in [5.41, 5.74) is 0.768. The number of hydrogen-bond donors (Lipinski definition) is 0. The maximum Gasteiger partial charge on any atom is 0.336 e. The van der Waals surface area contributed by atoms with Crippen molar-refractivity contribution in [3.8, 4) is 5.75 Å². The third kappa shape index (κ3) is 2.99. The second-order valence-electron chi connectivity index (χ2n) is 4.07. The van der Waals surface area contributed by atoms with Crippen LogP contribution in [0.4, 0.5) is 5.69 Å². The highest BCUT2D eigenvalue weighted by Crippen LogP contribution is 2.25. The van der Waals surface area contributed by atoms with Gasteiger partial charge in [0.15, 0.2) is 6.04 Å². The Hall–Kier alpha value is -2.17. The molecule has 0 amide bonds. The number of ether oxygens (including phenoxy) is 2. The van der Waals surface area contributed by atoms with Crippen molar-refractivity contribution in [2.75, 3.05) is 18.8 Å². The number of benzene rings is 1. The van der Waals surface area contributed by atoms with Crippen LogP contribution in [0.25, 0.3) is 0 Å². The molecule has 1 atom stereocenters. The van der Waals surface area contributed by atoms with Gasteiger partial charge < -0.3 is 14.3 Å². The second-order valence-corrected chi connectivity index (χ2v) is 4.07. The van der Waals surface area contributed by atoms with Gasteiger partial charge in [-0.15, -0.1) is 0 Å². The SMILES string of the molecule is CCCOC(=O)C1C=CON1c1ccc(OC)cc1. The quantitative estimate of drug-likeness (QED) is 0.763. The minimum absolute atomic E-state index is 0.314. The number of hydroxylamine groups is 1. The molecule has 1 aromatic carbocycles. The fourth-order valence-electron chi connectivity index (χ4n) is 1.73. The van der Waals surface area contributed by atoms with E-state index < -0.39 is 6.04 Å². The van der Waals surface area contributed by atoms with Crippen molar-refractivity contribution in [3.05, 3.63) is 36.6 Å². The Morgan fingerprint density at radius 1 is 1.37 bits per heavy atom. The van der Waals surface area contributed by atoms with E-state index in [1.54, 1.807) is 13.2 Å². The molecule has 2 rings (SSSR count). The monoisotopic (exact) mass is 263 g/mol. The molecule has 1 unspecified atom stereocenters. The highest BCUT2D eigenvalue weighted by Gasteiger charge is 2.30. The Morgan fingerprint density at radius 2 is 2.11 bits per heavy atom. The Labute approximate surface area is 112 Å². The molecular formula is C14H17NO4. The van der Waals surface area contributed by atoms with E-state index in [9.17, 15) is 4.79 Å². The molecular weight excluding hydrogens is 246 g/mol. The zero-order chi connectivity index (χ0) is 13.7. The molecule has 0 spiro atoms. The van der Waals surface area contributed by atoms with Crippen LogP contribution in [-0.2, 0) is 14.4 Å².